The Morgan fingerprint density at radius 3 is 1.89 bits per heavy atom. The van der Waals surface area contributed by atoms with Crippen molar-refractivity contribution in [2.24, 2.45) is 0 Å². The number of nitrogens with zero attached hydrogens (tertiary/aromatic N) is 1. The predicted molar refractivity (Wildman–Crippen MR) is 29.8 cm³/mol. The first kappa shape index (κ1) is 11.1. The Hall–Kier alpha value is -0.798. The lowest BCUT2D eigenvalue weighted by Gasteiger charge is -1.71. The van der Waals surface area contributed by atoms with Gasteiger partial charge in [0.05, 0.1) is 0 Å². The van der Waals surface area contributed by atoms with Crippen LogP contribution in [0.1, 0.15) is 0 Å². The van der Waals surface area contributed by atoms with Crippen LogP contribution in [0.2, 0.25) is 5.28 Å². The molecule has 0 aliphatic carbocycles. The summed E-state index contributed by atoms with van der Waals surface area (Å²) in [5.74, 6) is -0.684. The molecule has 0 aliphatic heterocycles. The monoisotopic (exact) mass is 151 g/mol. The molecular weight excluding hydrogens is 145 g/mol. The quantitative estimate of drug-likeness (QED) is 0.277. The summed E-state index contributed by atoms with van der Waals surface area (Å²) in [6.45, 7) is 0. The molecule has 0 aromatic carbocycles. The topological polar surface area (TPSA) is 101 Å². The van der Waals surface area contributed by atoms with Crippen LogP contribution in [0.25, 0.3) is 0 Å². The van der Waals surface area contributed by atoms with E-state index in [-0.39, 0.29) is 0 Å². The van der Waals surface area contributed by atoms with Crippen LogP contribution in [-0.4, -0.2) is 37.7 Å². The number of carboxylic acid groups (broad SMARTS) is 1. The number of hydrogen-bond acceptors (Lipinski definition) is 3. The minimum atomic E-state index is -1.50. The Balaban J connectivity index is 0. The number of rotatable bonds is 1. The summed E-state index contributed by atoms with van der Waals surface area (Å²) in [6.07, 6.45) is 0. The lowest BCUT2D eigenvalue weighted by molar-refractivity contribution is -0.742. The summed E-state index contributed by atoms with van der Waals surface area (Å²) in [5, 5.41) is 21.8. The largest absolute Gasteiger partial charge is 0.482 e. The van der Waals surface area contributed by atoms with Crippen LogP contribution in [0, 0.1) is 10.1 Å². The minimum Gasteiger partial charge on any atom is -0.482 e. The molecule has 0 spiro atoms. The molecule has 0 heterocycles. The van der Waals surface area contributed by atoms with Gasteiger partial charge in [-0.2, -0.15) is 0 Å². The van der Waals surface area contributed by atoms with Gasteiger partial charge in [-0.1, -0.05) is 0 Å². The van der Waals surface area contributed by atoms with Gasteiger partial charge in [-0.05, 0) is 5.28 Å². The summed E-state index contributed by atoms with van der Waals surface area (Å²) < 4.78 is 0. The molecule has 0 aromatic heterocycles. The average molecular weight is 151 g/mol. The molecule has 0 unspecified atom stereocenters. The highest BCUT2D eigenvalue weighted by Gasteiger charge is 1.81. The number of hydrogen-bond donors (Lipinski definition) is 2. The molecular formula is C2H6AlNO5. The summed E-state index contributed by atoms with van der Waals surface area (Å²) in [4.78, 5) is 17.8. The minimum absolute atomic E-state index is 0.361. The Morgan fingerprint density at radius 2 is 1.89 bits per heavy atom. The van der Waals surface area contributed by atoms with Crippen molar-refractivity contribution in [1.29, 1.82) is 0 Å². The summed E-state index contributed by atoms with van der Waals surface area (Å²) in [7, 11) is 0. The van der Waals surface area contributed by atoms with Crippen molar-refractivity contribution in [2.45, 2.75) is 5.28 Å². The van der Waals surface area contributed by atoms with Crippen LogP contribution in [-0.2, 0) is 4.79 Å². The fourth-order valence-electron chi connectivity index (χ4n) is 0. The van der Waals surface area contributed by atoms with E-state index in [9.17, 15) is 4.79 Å². The van der Waals surface area contributed by atoms with Crippen LogP contribution in [0.3, 0.4) is 0 Å². The second-order valence-electron chi connectivity index (χ2n) is 0.985. The highest BCUT2D eigenvalue weighted by Crippen LogP contribution is 1.63. The standard InChI is InChI=1S/C2H3O2.Al.HNO3.2H/c1-2(3)4;;2-1(3)4;;/h1H2,(H,3,4);;(H,2,3,4);;. The molecule has 0 rings (SSSR count). The Bertz CT molecular complexity index is 99.1. The molecule has 7 heteroatoms. The van der Waals surface area contributed by atoms with Gasteiger partial charge >= 0.3 is 0 Å². The van der Waals surface area contributed by atoms with Crippen LogP contribution in [0.4, 0.5) is 0 Å². The Kier molecular flexibility index (Phi) is 8.85. The molecule has 0 saturated heterocycles. The SMILES string of the molecule is O=C(O)[CH2][AlH2].O=[N+]([O-])O. The Morgan fingerprint density at radius 1 is 1.78 bits per heavy atom. The average Bonchev–Trinajstić information content (AvgIpc) is 1.65. The van der Waals surface area contributed by atoms with E-state index >= 15 is 0 Å². The van der Waals surface area contributed by atoms with Gasteiger partial charge in [-0.3, -0.25) is 4.79 Å². The summed E-state index contributed by atoms with van der Waals surface area (Å²) in [6, 6.07) is 0. The first-order valence-electron chi connectivity index (χ1n) is 2.05. The van der Waals surface area contributed by atoms with E-state index in [0.29, 0.717) is 5.28 Å². The smallest absolute Gasteiger partial charge is 0.291 e. The molecule has 0 bridgehead atoms. The lowest BCUT2D eigenvalue weighted by atomic mass is 10.8. The van der Waals surface area contributed by atoms with E-state index in [2.05, 4.69) is 0 Å². The van der Waals surface area contributed by atoms with Crippen molar-refractivity contribution in [3.05, 3.63) is 10.1 Å². The molecule has 9 heavy (non-hydrogen) atoms. The molecule has 0 fully saturated rings. The van der Waals surface area contributed by atoms with E-state index in [4.69, 9.17) is 20.4 Å². The van der Waals surface area contributed by atoms with Crippen molar-refractivity contribution in [3.8, 4) is 0 Å². The van der Waals surface area contributed by atoms with E-state index in [0.717, 1.165) is 16.3 Å². The maximum absolute atomic E-state index is 9.40. The molecule has 0 saturated carbocycles. The molecule has 0 radical (unpaired) electrons. The summed E-state index contributed by atoms with van der Waals surface area (Å²) in [5.41, 5.74) is 0. The molecule has 0 aromatic rings. The highest BCUT2D eigenvalue weighted by atomic mass is 27.0. The maximum Gasteiger partial charge on any atom is 0.291 e. The van der Waals surface area contributed by atoms with Gasteiger partial charge in [-0.15, -0.1) is 10.1 Å². The van der Waals surface area contributed by atoms with Crippen LogP contribution < -0.4 is 0 Å². The third kappa shape index (κ3) is 135. The first-order valence-corrected chi connectivity index (χ1v) is 3.47. The molecule has 52 valence electrons. The van der Waals surface area contributed by atoms with Crippen molar-refractivity contribution >= 4 is 22.3 Å². The van der Waals surface area contributed by atoms with Crippen molar-refractivity contribution in [1.82, 2.24) is 0 Å². The van der Waals surface area contributed by atoms with Gasteiger partial charge in [-0.25, -0.2) is 0 Å². The predicted octanol–water partition coefficient (Wildman–Crippen LogP) is -1.23. The normalized spacial score (nSPS) is 6.67. The highest BCUT2D eigenvalue weighted by molar-refractivity contribution is 6.18. The van der Waals surface area contributed by atoms with Gasteiger partial charge < -0.3 is 10.3 Å². The van der Waals surface area contributed by atoms with Crippen molar-refractivity contribution < 1.29 is 20.2 Å². The molecule has 2 N–H and O–H groups in total. The van der Waals surface area contributed by atoms with E-state index in [1.165, 1.54) is 0 Å². The second kappa shape index (κ2) is 7.20. The number of aliphatic carboxylic acids is 1. The number of carboxylic acids is 1. The van der Waals surface area contributed by atoms with Crippen molar-refractivity contribution in [3.63, 3.8) is 0 Å². The lowest BCUT2D eigenvalue weighted by Crippen LogP contribution is -1.89. The maximum atomic E-state index is 9.40. The molecule has 6 nitrogen and oxygen atoms in total. The molecule has 0 amide bonds. The zero-order valence-corrected chi connectivity index (χ0v) is 6.77. The van der Waals surface area contributed by atoms with Gasteiger partial charge in [0, 0.05) is 0 Å². The van der Waals surface area contributed by atoms with Crippen molar-refractivity contribution in [2.75, 3.05) is 0 Å². The Labute approximate surface area is 58.6 Å². The third-order valence-electron chi connectivity index (χ3n) is 0.302. The fourth-order valence-corrected chi connectivity index (χ4v) is 0. The molecule has 0 atom stereocenters. The fraction of sp³-hybridized carbons (Fsp3) is 0.500. The number of carbonyl (C=O) groups is 1. The van der Waals surface area contributed by atoms with E-state index in [1.807, 2.05) is 0 Å². The zero-order chi connectivity index (χ0) is 7.86. The van der Waals surface area contributed by atoms with E-state index < -0.39 is 11.1 Å². The van der Waals surface area contributed by atoms with Crippen LogP contribution in [0.5, 0.6) is 0 Å². The first-order chi connectivity index (χ1) is 4.00. The summed E-state index contributed by atoms with van der Waals surface area (Å²) >= 11 is 0.774. The van der Waals surface area contributed by atoms with Gasteiger partial charge in [0.25, 0.3) is 11.1 Å². The van der Waals surface area contributed by atoms with E-state index in [1.54, 1.807) is 0 Å². The van der Waals surface area contributed by atoms with Gasteiger partial charge in [0.15, 0.2) is 0 Å². The van der Waals surface area contributed by atoms with Crippen LogP contribution >= 0.6 is 0 Å². The zero-order valence-electron chi connectivity index (χ0n) is 4.77. The van der Waals surface area contributed by atoms with Gasteiger partial charge in [0.1, 0.15) is 0 Å². The third-order valence-corrected chi connectivity index (χ3v) is 0.907. The van der Waals surface area contributed by atoms with Crippen LogP contribution in [0.15, 0.2) is 0 Å². The second-order valence-corrected chi connectivity index (χ2v) is 1.69. The van der Waals surface area contributed by atoms with Gasteiger partial charge in [0.2, 0.25) is 16.3 Å². The molecule has 0 aliphatic rings.